The van der Waals surface area contributed by atoms with E-state index in [4.69, 9.17) is 23.7 Å². The molecule has 0 saturated carbocycles. The number of amides is 2. The van der Waals surface area contributed by atoms with Gasteiger partial charge in [-0.3, -0.25) is 14.4 Å². The lowest BCUT2D eigenvalue weighted by Crippen LogP contribution is -2.27. The summed E-state index contributed by atoms with van der Waals surface area (Å²) in [6, 6.07) is 10.6. The van der Waals surface area contributed by atoms with Crippen LogP contribution in [0.25, 0.3) is 11.1 Å². The van der Waals surface area contributed by atoms with Gasteiger partial charge in [0.25, 0.3) is 0 Å². The van der Waals surface area contributed by atoms with Crippen molar-refractivity contribution in [3.63, 3.8) is 0 Å². The summed E-state index contributed by atoms with van der Waals surface area (Å²) in [5, 5.41) is 9.40. The molecule has 1 unspecified atom stereocenters. The van der Waals surface area contributed by atoms with Crippen molar-refractivity contribution in [2.75, 3.05) is 47.4 Å². The zero-order valence-corrected chi connectivity index (χ0v) is 27.8. The van der Waals surface area contributed by atoms with Crippen molar-refractivity contribution < 1.29 is 33.3 Å². The molecule has 0 saturated heterocycles. The number of anilines is 1. The zero-order valence-electron chi connectivity index (χ0n) is 27.8. The largest absolute Gasteiger partial charge is 0.493 e. The fourth-order valence-electron chi connectivity index (χ4n) is 6.68. The SMILES string of the molecule is COc1cc2c(cc1OC)C(NC(=O)CCCNc1ccc3c(cc1=O)[C@@H](NC(C)=O)CCc1cc(OC)c(OC)c(OC)c1-3)CC2. The molecule has 0 spiro atoms. The fourth-order valence-corrected chi connectivity index (χ4v) is 6.68. The van der Waals surface area contributed by atoms with Gasteiger partial charge in [-0.1, -0.05) is 6.07 Å². The second-order valence-corrected chi connectivity index (χ2v) is 11.7. The standard InChI is InChI=1S/C36H43N3O8/c1-20(40)38-27-13-10-22-17-32(45-4)35(46-5)36(47-6)34(22)23-11-14-28(29(41)18-25(23)27)37-15-7-8-33(42)39-26-12-9-21-16-30(43-2)31(44-3)19-24(21)26/h11,14,16-19,26-27H,7-10,12-13,15H2,1-6H3,(H,37,41)(H,38,40)(H,39,42)/t26?,27-/m0/s1. The minimum Gasteiger partial charge on any atom is -0.493 e. The van der Waals surface area contributed by atoms with Crippen LogP contribution in [0.15, 0.2) is 41.2 Å². The Morgan fingerprint density at radius 3 is 2.04 bits per heavy atom. The average molecular weight is 646 g/mol. The van der Waals surface area contributed by atoms with Crippen LogP contribution < -0.4 is 45.1 Å². The van der Waals surface area contributed by atoms with E-state index in [2.05, 4.69) is 16.0 Å². The van der Waals surface area contributed by atoms with Crippen molar-refractivity contribution >= 4 is 17.5 Å². The molecule has 11 heteroatoms. The highest BCUT2D eigenvalue weighted by atomic mass is 16.5. The van der Waals surface area contributed by atoms with Crippen LogP contribution in [0.3, 0.4) is 0 Å². The summed E-state index contributed by atoms with van der Waals surface area (Å²) in [6.07, 6.45) is 3.68. The predicted octanol–water partition coefficient (Wildman–Crippen LogP) is 4.88. The van der Waals surface area contributed by atoms with Crippen LogP contribution in [0.1, 0.15) is 66.9 Å². The van der Waals surface area contributed by atoms with E-state index in [0.29, 0.717) is 72.2 Å². The van der Waals surface area contributed by atoms with E-state index in [-0.39, 0.29) is 23.3 Å². The summed E-state index contributed by atoms with van der Waals surface area (Å²) >= 11 is 0. The number of rotatable bonds is 12. The third-order valence-electron chi connectivity index (χ3n) is 8.87. The summed E-state index contributed by atoms with van der Waals surface area (Å²) in [6.45, 7) is 1.89. The van der Waals surface area contributed by atoms with Crippen molar-refractivity contribution in [3.8, 4) is 39.9 Å². The third kappa shape index (κ3) is 6.94. The van der Waals surface area contributed by atoms with Crippen molar-refractivity contribution in [2.24, 2.45) is 0 Å². The number of fused-ring (bicyclic) bond motifs is 4. The molecule has 2 aliphatic rings. The summed E-state index contributed by atoms with van der Waals surface area (Å²) in [5.41, 5.74) is 5.55. The normalized spacial score (nSPS) is 16.0. The molecular formula is C36H43N3O8. The minimum absolute atomic E-state index is 0.0571. The monoisotopic (exact) mass is 645 g/mol. The van der Waals surface area contributed by atoms with Gasteiger partial charge in [-0.2, -0.15) is 0 Å². The Balaban J connectivity index is 1.34. The van der Waals surface area contributed by atoms with Gasteiger partial charge in [-0.05, 0) is 90.3 Å². The Morgan fingerprint density at radius 2 is 1.38 bits per heavy atom. The number of aryl methyl sites for hydroxylation is 2. The lowest BCUT2D eigenvalue weighted by molar-refractivity contribution is -0.122. The zero-order chi connectivity index (χ0) is 33.7. The predicted molar refractivity (Wildman–Crippen MR) is 179 cm³/mol. The highest BCUT2D eigenvalue weighted by Crippen LogP contribution is 2.50. The Labute approximate surface area is 274 Å². The molecule has 3 aromatic carbocycles. The summed E-state index contributed by atoms with van der Waals surface area (Å²) in [7, 11) is 7.90. The molecular weight excluding hydrogens is 602 g/mol. The number of ether oxygens (including phenoxy) is 5. The van der Waals surface area contributed by atoms with E-state index in [1.54, 1.807) is 47.7 Å². The number of carbonyl (C=O) groups is 2. The second kappa shape index (κ2) is 14.7. The quantitative estimate of drug-likeness (QED) is 0.236. The maximum atomic E-state index is 13.5. The van der Waals surface area contributed by atoms with E-state index in [9.17, 15) is 14.4 Å². The Hall–Kier alpha value is -4.93. The van der Waals surface area contributed by atoms with Crippen LogP contribution in [-0.4, -0.2) is 53.9 Å². The summed E-state index contributed by atoms with van der Waals surface area (Å²) in [4.78, 5) is 38.7. The van der Waals surface area contributed by atoms with Crippen LogP contribution in [0.5, 0.6) is 28.7 Å². The van der Waals surface area contributed by atoms with Crippen molar-refractivity contribution in [1.82, 2.24) is 10.6 Å². The van der Waals surface area contributed by atoms with E-state index >= 15 is 0 Å². The van der Waals surface area contributed by atoms with Gasteiger partial charge >= 0.3 is 0 Å². The van der Waals surface area contributed by atoms with Gasteiger partial charge in [-0.15, -0.1) is 0 Å². The highest BCUT2D eigenvalue weighted by Gasteiger charge is 2.30. The first-order valence-corrected chi connectivity index (χ1v) is 15.8. The first-order chi connectivity index (χ1) is 22.7. The summed E-state index contributed by atoms with van der Waals surface area (Å²) in [5.74, 6) is 2.56. The minimum atomic E-state index is -0.394. The molecule has 47 heavy (non-hydrogen) atoms. The second-order valence-electron chi connectivity index (χ2n) is 11.7. The molecule has 0 aliphatic heterocycles. The van der Waals surface area contributed by atoms with E-state index in [0.717, 1.165) is 40.7 Å². The molecule has 0 aromatic heterocycles. The topological polar surface area (TPSA) is 133 Å². The lowest BCUT2D eigenvalue weighted by atomic mass is 9.95. The molecule has 0 heterocycles. The van der Waals surface area contributed by atoms with Crippen molar-refractivity contribution in [2.45, 2.75) is 57.5 Å². The van der Waals surface area contributed by atoms with Crippen LogP contribution in [0, 0.1) is 0 Å². The Kier molecular flexibility index (Phi) is 10.4. The van der Waals surface area contributed by atoms with Crippen LogP contribution in [0.2, 0.25) is 0 Å². The maximum Gasteiger partial charge on any atom is 0.220 e. The van der Waals surface area contributed by atoms with Gasteiger partial charge in [0.15, 0.2) is 23.0 Å². The molecule has 5 rings (SSSR count). The fraction of sp³-hybridized carbons (Fsp3) is 0.417. The van der Waals surface area contributed by atoms with Gasteiger partial charge in [0.1, 0.15) is 0 Å². The number of nitrogens with one attached hydrogen (secondary N) is 3. The lowest BCUT2D eigenvalue weighted by Gasteiger charge is -2.19. The molecule has 2 amide bonds. The molecule has 11 nitrogen and oxygen atoms in total. The molecule has 0 radical (unpaired) electrons. The van der Waals surface area contributed by atoms with Crippen LogP contribution >= 0.6 is 0 Å². The molecule has 2 aliphatic carbocycles. The highest BCUT2D eigenvalue weighted by molar-refractivity contribution is 5.84. The Morgan fingerprint density at radius 1 is 0.745 bits per heavy atom. The molecule has 2 atom stereocenters. The van der Waals surface area contributed by atoms with Crippen molar-refractivity contribution in [3.05, 3.63) is 68.9 Å². The van der Waals surface area contributed by atoms with E-state index < -0.39 is 6.04 Å². The smallest absolute Gasteiger partial charge is 0.220 e. The molecule has 0 bridgehead atoms. The first kappa shape index (κ1) is 33.4. The third-order valence-corrected chi connectivity index (χ3v) is 8.87. The van der Waals surface area contributed by atoms with Gasteiger partial charge in [0.05, 0.1) is 53.3 Å². The maximum absolute atomic E-state index is 13.5. The number of carbonyl (C=O) groups excluding carboxylic acids is 2. The van der Waals surface area contributed by atoms with Crippen LogP contribution in [-0.2, 0) is 22.4 Å². The van der Waals surface area contributed by atoms with E-state index in [1.165, 1.54) is 6.92 Å². The van der Waals surface area contributed by atoms with Gasteiger partial charge in [-0.25, -0.2) is 0 Å². The van der Waals surface area contributed by atoms with Gasteiger partial charge < -0.3 is 39.6 Å². The molecule has 3 aromatic rings. The average Bonchev–Trinajstić information content (AvgIpc) is 3.29. The number of methoxy groups -OCH3 is 5. The van der Waals surface area contributed by atoms with Gasteiger partial charge in [0.2, 0.25) is 23.0 Å². The Bertz CT molecular complexity index is 1720. The summed E-state index contributed by atoms with van der Waals surface area (Å²) < 4.78 is 28.0. The van der Waals surface area contributed by atoms with Gasteiger partial charge in [0, 0.05) is 25.5 Å². The number of hydrogen-bond acceptors (Lipinski definition) is 9. The first-order valence-electron chi connectivity index (χ1n) is 15.8. The number of benzene rings is 2. The number of hydrogen-bond donors (Lipinski definition) is 3. The molecule has 250 valence electrons. The van der Waals surface area contributed by atoms with E-state index in [1.807, 2.05) is 24.3 Å². The molecule has 3 N–H and O–H groups in total. The molecule has 0 fully saturated rings. The van der Waals surface area contributed by atoms with Crippen molar-refractivity contribution in [1.29, 1.82) is 0 Å². The van der Waals surface area contributed by atoms with Crippen LogP contribution in [0.4, 0.5) is 5.69 Å².